The number of rotatable bonds is 5. The molecule has 2 unspecified atom stereocenters. The van der Waals surface area contributed by atoms with Crippen LogP contribution in [0.15, 0.2) is 24.3 Å². The van der Waals surface area contributed by atoms with Gasteiger partial charge in [-0.2, -0.15) is 0 Å². The van der Waals surface area contributed by atoms with Crippen LogP contribution < -0.4 is 11.1 Å². The molecule has 1 aliphatic heterocycles. The zero-order valence-electron chi connectivity index (χ0n) is 12.5. The van der Waals surface area contributed by atoms with E-state index in [9.17, 15) is 4.79 Å². The van der Waals surface area contributed by atoms with Gasteiger partial charge in [0.25, 0.3) is 0 Å². The first-order valence-corrected chi connectivity index (χ1v) is 7.95. The summed E-state index contributed by atoms with van der Waals surface area (Å²) in [5.74, 6) is 0.0532. The minimum atomic E-state index is 0.0532. The summed E-state index contributed by atoms with van der Waals surface area (Å²) in [5.41, 5.74) is 7.08. The number of carbonyl (C=O) groups is 1. The van der Waals surface area contributed by atoms with E-state index in [1.165, 1.54) is 6.42 Å². The van der Waals surface area contributed by atoms with Crippen molar-refractivity contribution in [1.29, 1.82) is 0 Å². The van der Waals surface area contributed by atoms with Crippen LogP contribution in [0.5, 0.6) is 0 Å². The normalized spacial score (nSPS) is 21.0. The smallest absolute Gasteiger partial charge is 0.234 e. The van der Waals surface area contributed by atoms with Crippen molar-refractivity contribution in [1.82, 2.24) is 10.2 Å². The fraction of sp³-hybridized carbons (Fsp3) is 0.562. The molecule has 21 heavy (non-hydrogen) atoms. The summed E-state index contributed by atoms with van der Waals surface area (Å²) >= 11 is 5.84. The standard InChI is InChI=1S/C16H24ClN3O/c1-12(18)15-4-2-3-9-20(15)11-16(21)19-10-13-5-7-14(17)8-6-13/h5-8,12,15H,2-4,9-11,18H2,1H3,(H,19,21). The summed E-state index contributed by atoms with van der Waals surface area (Å²) in [6.07, 6.45) is 3.44. The molecular formula is C16H24ClN3O. The maximum Gasteiger partial charge on any atom is 0.234 e. The van der Waals surface area contributed by atoms with Crippen molar-refractivity contribution in [3.8, 4) is 0 Å². The number of piperidine rings is 1. The molecule has 0 aromatic heterocycles. The number of nitrogens with zero attached hydrogens (tertiary/aromatic N) is 1. The molecule has 1 aromatic rings. The number of amides is 1. The second kappa shape index (κ2) is 7.78. The van der Waals surface area contributed by atoms with Crippen LogP contribution in [0, 0.1) is 0 Å². The number of nitrogens with one attached hydrogen (secondary N) is 1. The van der Waals surface area contributed by atoms with Crippen LogP contribution in [0.3, 0.4) is 0 Å². The fourth-order valence-corrected chi connectivity index (χ4v) is 2.98. The molecule has 0 saturated carbocycles. The lowest BCUT2D eigenvalue weighted by Crippen LogP contribution is -2.52. The lowest BCUT2D eigenvalue weighted by Gasteiger charge is -2.37. The van der Waals surface area contributed by atoms with Crippen molar-refractivity contribution < 1.29 is 4.79 Å². The molecule has 2 rings (SSSR count). The number of likely N-dealkylation sites (tertiary alicyclic amines) is 1. The monoisotopic (exact) mass is 309 g/mol. The molecule has 0 bridgehead atoms. The van der Waals surface area contributed by atoms with Gasteiger partial charge < -0.3 is 11.1 Å². The Morgan fingerprint density at radius 2 is 2.14 bits per heavy atom. The van der Waals surface area contributed by atoms with Crippen molar-refractivity contribution in [3.05, 3.63) is 34.9 Å². The molecule has 2 atom stereocenters. The molecule has 3 N–H and O–H groups in total. The molecule has 0 radical (unpaired) electrons. The van der Waals surface area contributed by atoms with Crippen molar-refractivity contribution in [2.75, 3.05) is 13.1 Å². The van der Waals surface area contributed by atoms with Crippen LogP contribution in [-0.2, 0) is 11.3 Å². The molecule has 116 valence electrons. The van der Waals surface area contributed by atoms with E-state index in [0.717, 1.165) is 24.9 Å². The highest BCUT2D eigenvalue weighted by atomic mass is 35.5. The lowest BCUT2D eigenvalue weighted by atomic mass is 9.97. The van der Waals surface area contributed by atoms with Gasteiger partial charge in [-0.05, 0) is 44.0 Å². The van der Waals surface area contributed by atoms with Gasteiger partial charge in [0.1, 0.15) is 0 Å². The maximum absolute atomic E-state index is 12.1. The van der Waals surface area contributed by atoms with Crippen LogP contribution in [-0.4, -0.2) is 36.0 Å². The van der Waals surface area contributed by atoms with Crippen LogP contribution >= 0.6 is 11.6 Å². The first-order valence-electron chi connectivity index (χ1n) is 7.57. The van der Waals surface area contributed by atoms with Crippen LogP contribution in [0.2, 0.25) is 5.02 Å². The minimum absolute atomic E-state index is 0.0532. The van der Waals surface area contributed by atoms with E-state index in [-0.39, 0.29) is 11.9 Å². The van der Waals surface area contributed by atoms with Crippen LogP contribution in [0.25, 0.3) is 0 Å². The van der Waals surface area contributed by atoms with Gasteiger partial charge in [-0.1, -0.05) is 30.2 Å². The van der Waals surface area contributed by atoms with E-state index < -0.39 is 0 Å². The van der Waals surface area contributed by atoms with Crippen LogP contribution in [0.4, 0.5) is 0 Å². The Bertz CT molecular complexity index is 461. The Morgan fingerprint density at radius 3 is 2.81 bits per heavy atom. The molecule has 4 nitrogen and oxygen atoms in total. The van der Waals surface area contributed by atoms with E-state index in [1.54, 1.807) is 0 Å². The number of benzene rings is 1. The van der Waals surface area contributed by atoms with Crippen molar-refractivity contribution in [2.45, 2.75) is 44.8 Å². The number of nitrogens with two attached hydrogens (primary N) is 1. The molecule has 0 aliphatic carbocycles. The Hall–Kier alpha value is -1.10. The zero-order chi connectivity index (χ0) is 15.2. The van der Waals surface area contributed by atoms with Crippen molar-refractivity contribution >= 4 is 17.5 Å². The summed E-state index contributed by atoms with van der Waals surface area (Å²) < 4.78 is 0. The van der Waals surface area contributed by atoms with Crippen LogP contribution in [0.1, 0.15) is 31.7 Å². The van der Waals surface area contributed by atoms with E-state index >= 15 is 0 Å². The predicted molar refractivity (Wildman–Crippen MR) is 86.2 cm³/mol. The fourth-order valence-electron chi connectivity index (χ4n) is 2.85. The Labute approximate surface area is 131 Å². The first kappa shape index (κ1) is 16.3. The maximum atomic E-state index is 12.1. The summed E-state index contributed by atoms with van der Waals surface area (Å²) in [7, 11) is 0. The predicted octanol–water partition coefficient (Wildman–Crippen LogP) is 2.16. The van der Waals surface area contributed by atoms with Gasteiger partial charge in [-0.25, -0.2) is 0 Å². The molecule has 1 amide bonds. The number of carbonyl (C=O) groups excluding carboxylic acids is 1. The van der Waals surface area contributed by atoms with Gasteiger partial charge in [-0.3, -0.25) is 9.69 Å². The Morgan fingerprint density at radius 1 is 1.43 bits per heavy atom. The topological polar surface area (TPSA) is 58.4 Å². The average molecular weight is 310 g/mol. The van der Waals surface area contributed by atoms with Gasteiger partial charge in [0.2, 0.25) is 5.91 Å². The highest BCUT2D eigenvalue weighted by molar-refractivity contribution is 6.30. The Kier molecular flexibility index (Phi) is 6.03. The molecular weight excluding hydrogens is 286 g/mol. The summed E-state index contributed by atoms with van der Waals surface area (Å²) in [6, 6.07) is 7.94. The van der Waals surface area contributed by atoms with Gasteiger partial charge in [0, 0.05) is 23.7 Å². The third kappa shape index (κ3) is 4.99. The molecule has 1 fully saturated rings. The third-order valence-electron chi connectivity index (χ3n) is 4.02. The summed E-state index contributed by atoms with van der Waals surface area (Å²) in [4.78, 5) is 14.3. The van der Waals surface area contributed by atoms with E-state index in [4.69, 9.17) is 17.3 Å². The molecule has 1 aliphatic rings. The summed E-state index contributed by atoms with van der Waals surface area (Å²) in [5, 5.41) is 3.67. The van der Waals surface area contributed by atoms with Crippen molar-refractivity contribution in [2.24, 2.45) is 5.73 Å². The second-order valence-electron chi connectivity index (χ2n) is 5.80. The molecule has 1 aromatic carbocycles. The molecule has 1 saturated heterocycles. The first-order chi connectivity index (χ1) is 10.1. The number of hydrogen-bond acceptors (Lipinski definition) is 3. The molecule has 5 heteroatoms. The van der Waals surface area contributed by atoms with Gasteiger partial charge >= 0.3 is 0 Å². The van der Waals surface area contributed by atoms with E-state index in [0.29, 0.717) is 24.2 Å². The van der Waals surface area contributed by atoms with Gasteiger partial charge in [-0.15, -0.1) is 0 Å². The van der Waals surface area contributed by atoms with E-state index in [2.05, 4.69) is 10.2 Å². The highest BCUT2D eigenvalue weighted by Gasteiger charge is 2.26. The number of halogens is 1. The van der Waals surface area contributed by atoms with Crippen molar-refractivity contribution in [3.63, 3.8) is 0 Å². The largest absolute Gasteiger partial charge is 0.351 e. The average Bonchev–Trinajstić information content (AvgIpc) is 2.47. The summed E-state index contributed by atoms with van der Waals surface area (Å²) in [6.45, 7) is 3.95. The van der Waals surface area contributed by atoms with Gasteiger partial charge in [0.05, 0.1) is 6.54 Å². The Balaban J connectivity index is 1.81. The number of hydrogen-bond donors (Lipinski definition) is 2. The van der Waals surface area contributed by atoms with Gasteiger partial charge in [0.15, 0.2) is 0 Å². The highest BCUT2D eigenvalue weighted by Crippen LogP contribution is 2.18. The second-order valence-corrected chi connectivity index (χ2v) is 6.23. The minimum Gasteiger partial charge on any atom is -0.351 e. The zero-order valence-corrected chi connectivity index (χ0v) is 13.3. The van der Waals surface area contributed by atoms with E-state index in [1.807, 2.05) is 31.2 Å². The third-order valence-corrected chi connectivity index (χ3v) is 4.27. The lowest BCUT2D eigenvalue weighted by molar-refractivity contribution is -0.123. The SMILES string of the molecule is CC(N)C1CCCCN1CC(=O)NCc1ccc(Cl)cc1. The molecule has 0 spiro atoms. The molecule has 1 heterocycles. The quantitative estimate of drug-likeness (QED) is 0.876.